The van der Waals surface area contributed by atoms with Gasteiger partial charge in [-0.3, -0.25) is 0 Å². The molecule has 0 saturated heterocycles. The Morgan fingerprint density at radius 1 is 0.321 bits per heavy atom. The molecule has 0 radical (unpaired) electrons. The summed E-state index contributed by atoms with van der Waals surface area (Å²) in [4.78, 5) is 2.34. The molecule has 8 aromatic carbocycles. The molecule has 10 aromatic rings. The smallest absolute Gasteiger partial charge is 0.0541 e. The summed E-state index contributed by atoms with van der Waals surface area (Å²) in [6.45, 7) is 4.34. The lowest BCUT2D eigenvalue weighted by molar-refractivity contribution is 1.17. The van der Waals surface area contributed by atoms with E-state index in [9.17, 15) is 0 Å². The van der Waals surface area contributed by atoms with Crippen molar-refractivity contribution in [3.8, 4) is 22.5 Å². The largest absolute Gasteiger partial charge is 0.311 e. The number of benzene rings is 8. The van der Waals surface area contributed by atoms with Crippen LogP contribution < -0.4 is 4.90 Å². The number of fused-ring (bicyclic) bond motifs is 6. The summed E-state index contributed by atoms with van der Waals surface area (Å²) in [7, 11) is 0. The predicted molar refractivity (Wildman–Crippen MR) is 225 cm³/mol. The molecule has 0 fully saturated rings. The summed E-state index contributed by atoms with van der Waals surface area (Å²) in [5.41, 5.74) is 15.5. The molecule has 0 saturated carbocycles. The second-order valence-electron chi connectivity index (χ2n) is 14.0. The Bertz CT molecular complexity index is 2870. The molecule has 0 spiro atoms. The Kier molecular flexibility index (Phi) is 7.26. The van der Waals surface area contributed by atoms with E-state index in [-0.39, 0.29) is 0 Å². The number of hydrogen-bond donors (Lipinski definition) is 0. The number of aromatic nitrogens is 2. The number of aryl methyl sites for hydroxylation is 2. The van der Waals surface area contributed by atoms with Crippen molar-refractivity contribution in [1.29, 1.82) is 0 Å². The molecule has 2 heterocycles. The standard InChI is InChI=1S/C50H37N3/c1-34-17-28-48-44(31-34)45-32-35(2)18-29-49(45)53(48)42-26-24-41(25-27-42)51(38-11-5-3-6-12-38)40-22-19-36(20-23-40)37-21-30-50-46(33-37)43-15-9-10-16-47(43)52(50)39-13-7-4-8-14-39/h3-33H,1-2H3. The van der Waals surface area contributed by atoms with Crippen molar-refractivity contribution >= 4 is 60.7 Å². The first kappa shape index (κ1) is 30.9. The van der Waals surface area contributed by atoms with E-state index < -0.39 is 0 Å². The lowest BCUT2D eigenvalue weighted by Crippen LogP contribution is -2.10. The molecular formula is C50H37N3. The molecule has 53 heavy (non-hydrogen) atoms. The first-order valence-electron chi connectivity index (χ1n) is 18.3. The van der Waals surface area contributed by atoms with Crippen molar-refractivity contribution in [2.45, 2.75) is 13.8 Å². The molecule has 0 bridgehead atoms. The maximum absolute atomic E-state index is 2.39. The van der Waals surface area contributed by atoms with E-state index in [0.29, 0.717) is 0 Å². The summed E-state index contributed by atoms with van der Waals surface area (Å²) >= 11 is 0. The minimum absolute atomic E-state index is 1.11. The van der Waals surface area contributed by atoms with Crippen LogP contribution in [0.5, 0.6) is 0 Å². The van der Waals surface area contributed by atoms with E-state index >= 15 is 0 Å². The Hall–Kier alpha value is -6.84. The summed E-state index contributed by atoms with van der Waals surface area (Å²) in [6.07, 6.45) is 0. The van der Waals surface area contributed by atoms with Crippen molar-refractivity contribution in [2.75, 3.05) is 4.90 Å². The van der Waals surface area contributed by atoms with Gasteiger partial charge in [0.25, 0.3) is 0 Å². The number of para-hydroxylation sites is 3. The number of anilines is 3. The lowest BCUT2D eigenvalue weighted by Gasteiger charge is -2.26. The zero-order valence-electron chi connectivity index (χ0n) is 29.7. The highest BCUT2D eigenvalue weighted by Crippen LogP contribution is 2.39. The Morgan fingerprint density at radius 2 is 0.755 bits per heavy atom. The first-order chi connectivity index (χ1) is 26.1. The Labute approximate surface area is 309 Å². The van der Waals surface area contributed by atoms with Gasteiger partial charge in [-0.25, -0.2) is 0 Å². The van der Waals surface area contributed by atoms with Gasteiger partial charge in [-0.2, -0.15) is 0 Å². The van der Waals surface area contributed by atoms with Gasteiger partial charge < -0.3 is 14.0 Å². The van der Waals surface area contributed by atoms with Crippen LogP contribution in [0.2, 0.25) is 0 Å². The van der Waals surface area contributed by atoms with Crippen LogP contribution in [0.15, 0.2) is 188 Å². The van der Waals surface area contributed by atoms with Crippen LogP contribution in [0.4, 0.5) is 17.1 Å². The minimum Gasteiger partial charge on any atom is -0.311 e. The van der Waals surface area contributed by atoms with Gasteiger partial charge in [0.2, 0.25) is 0 Å². The summed E-state index contributed by atoms with van der Waals surface area (Å²) < 4.78 is 4.76. The third-order valence-electron chi connectivity index (χ3n) is 10.6. The molecule has 252 valence electrons. The van der Waals surface area contributed by atoms with E-state index in [1.165, 1.54) is 71.6 Å². The molecule has 0 aliphatic heterocycles. The molecule has 10 rings (SSSR count). The topological polar surface area (TPSA) is 13.1 Å². The van der Waals surface area contributed by atoms with Crippen LogP contribution in [-0.4, -0.2) is 9.13 Å². The molecule has 3 heteroatoms. The summed E-state index contributed by atoms with van der Waals surface area (Å²) in [5.74, 6) is 0. The maximum Gasteiger partial charge on any atom is 0.0541 e. The van der Waals surface area contributed by atoms with Gasteiger partial charge in [-0.1, -0.05) is 96.1 Å². The van der Waals surface area contributed by atoms with Crippen LogP contribution in [0.1, 0.15) is 11.1 Å². The zero-order chi connectivity index (χ0) is 35.5. The zero-order valence-corrected chi connectivity index (χ0v) is 29.7. The molecular weight excluding hydrogens is 643 g/mol. The lowest BCUT2D eigenvalue weighted by atomic mass is 10.0. The van der Waals surface area contributed by atoms with Crippen molar-refractivity contribution in [3.63, 3.8) is 0 Å². The molecule has 0 aliphatic rings. The molecule has 0 amide bonds. The van der Waals surface area contributed by atoms with Crippen molar-refractivity contribution in [1.82, 2.24) is 9.13 Å². The summed E-state index contributed by atoms with van der Waals surface area (Å²) in [6, 6.07) is 68.3. The van der Waals surface area contributed by atoms with Gasteiger partial charge in [0.15, 0.2) is 0 Å². The summed E-state index contributed by atoms with van der Waals surface area (Å²) in [5, 5.41) is 5.10. The van der Waals surface area contributed by atoms with E-state index in [2.05, 4.69) is 216 Å². The molecule has 0 aliphatic carbocycles. The van der Waals surface area contributed by atoms with Crippen LogP contribution in [0, 0.1) is 13.8 Å². The van der Waals surface area contributed by atoms with Crippen LogP contribution in [0.3, 0.4) is 0 Å². The number of hydrogen-bond acceptors (Lipinski definition) is 1. The van der Waals surface area contributed by atoms with Crippen LogP contribution >= 0.6 is 0 Å². The molecule has 0 atom stereocenters. The van der Waals surface area contributed by atoms with Crippen LogP contribution in [0.25, 0.3) is 66.1 Å². The number of rotatable bonds is 6. The second-order valence-corrected chi connectivity index (χ2v) is 14.0. The third kappa shape index (κ3) is 5.20. The molecule has 0 unspecified atom stereocenters. The van der Waals surface area contributed by atoms with Gasteiger partial charge >= 0.3 is 0 Å². The SMILES string of the molecule is Cc1ccc2c(c1)c1cc(C)ccc1n2-c1ccc(N(c2ccccc2)c2ccc(-c3ccc4c(c3)c3ccccc3n4-c3ccccc3)cc2)cc1. The molecule has 0 N–H and O–H groups in total. The van der Waals surface area contributed by atoms with Crippen molar-refractivity contribution in [2.24, 2.45) is 0 Å². The number of nitrogens with zero attached hydrogens (tertiary/aromatic N) is 3. The quantitative estimate of drug-likeness (QED) is 0.170. The fourth-order valence-electron chi connectivity index (χ4n) is 8.11. The Balaban J connectivity index is 1.04. The highest BCUT2D eigenvalue weighted by molar-refractivity contribution is 6.11. The monoisotopic (exact) mass is 679 g/mol. The minimum atomic E-state index is 1.11. The van der Waals surface area contributed by atoms with E-state index in [0.717, 1.165) is 22.7 Å². The Morgan fingerprint density at radius 3 is 1.38 bits per heavy atom. The van der Waals surface area contributed by atoms with Gasteiger partial charge in [0, 0.05) is 50.0 Å². The molecule has 2 aromatic heterocycles. The van der Waals surface area contributed by atoms with Crippen LogP contribution in [-0.2, 0) is 0 Å². The van der Waals surface area contributed by atoms with Gasteiger partial charge in [0.1, 0.15) is 0 Å². The fraction of sp³-hybridized carbons (Fsp3) is 0.0400. The van der Waals surface area contributed by atoms with E-state index in [4.69, 9.17) is 0 Å². The predicted octanol–water partition coefficient (Wildman–Crippen LogP) is 13.6. The van der Waals surface area contributed by atoms with Gasteiger partial charge in [0.05, 0.1) is 22.1 Å². The van der Waals surface area contributed by atoms with Crippen molar-refractivity contribution < 1.29 is 0 Å². The van der Waals surface area contributed by atoms with Crippen molar-refractivity contribution in [3.05, 3.63) is 199 Å². The van der Waals surface area contributed by atoms with E-state index in [1.807, 2.05) is 0 Å². The average molecular weight is 680 g/mol. The normalized spacial score (nSPS) is 11.6. The highest BCUT2D eigenvalue weighted by atomic mass is 15.1. The van der Waals surface area contributed by atoms with Gasteiger partial charge in [-0.15, -0.1) is 0 Å². The maximum atomic E-state index is 2.39. The highest BCUT2D eigenvalue weighted by Gasteiger charge is 2.17. The van der Waals surface area contributed by atoms with E-state index in [1.54, 1.807) is 0 Å². The molecule has 3 nitrogen and oxygen atoms in total. The average Bonchev–Trinajstić information content (AvgIpc) is 3.71. The third-order valence-corrected chi connectivity index (χ3v) is 10.6. The fourth-order valence-corrected chi connectivity index (χ4v) is 8.11. The second kappa shape index (κ2) is 12.4. The van der Waals surface area contributed by atoms with Gasteiger partial charge in [-0.05, 0) is 128 Å². The first-order valence-corrected chi connectivity index (χ1v) is 18.3.